The molecule has 136 valence electrons. The number of rotatable bonds is 7. The molecule has 2 fully saturated rings. The zero-order valence-electron chi connectivity index (χ0n) is 14.7. The van der Waals surface area contributed by atoms with E-state index in [0.717, 1.165) is 19.4 Å². The minimum absolute atomic E-state index is 0.0415. The summed E-state index contributed by atoms with van der Waals surface area (Å²) in [5, 5.41) is 2.88. The Morgan fingerprint density at radius 2 is 2.04 bits per heavy atom. The van der Waals surface area contributed by atoms with E-state index in [1.54, 1.807) is 19.2 Å². The molecule has 1 aliphatic heterocycles. The molecule has 0 aromatic heterocycles. The normalized spacial score (nSPS) is 20.8. The number of benzene rings is 1. The third-order valence-corrected chi connectivity index (χ3v) is 5.00. The van der Waals surface area contributed by atoms with E-state index >= 15 is 0 Å². The first kappa shape index (κ1) is 17.6. The molecule has 1 saturated heterocycles. The maximum absolute atomic E-state index is 12.2. The zero-order chi connectivity index (χ0) is 17.6. The Morgan fingerprint density at radius 3 is 2.80 bits per heavy atom. The van der Waals surface area contributed by atoms with Gasteiger partial charge in [-0.1, -0.05) is 18.9 Å². The van der Waals surface area contributed by atoms with Crippen molar-refractivity contribution in [3.05, 3.63) is 24.3 Å². The summed E-state index contributed by atoms with van der Waals surface area (Å²) in [7, 11) is 1.59. The highest BCUT2D eigenvalue weighted by Gasteiger charge is 2.35. The summed E-state index contributed by atoms with van der Waals surface area (Å²) >= 11 is 0. The lowest BCUT2D eigenvalue weighted by molar-refractivity contribution is -0.129. The van der Waals surface area contributed by atoms with Crippen LogP contribution < -0.4 is 14.8 Å². The largest absolute Gasteiger partial charge is 0.497 e. The van der Waals surface area contributed by atoms with E-state index in [4.69, 9.17) is 9.47 Å². The molecule has 0 spiro atoms. The zero-order valence-corrected chi connectivity index (χ0v) is 14.7. The summed E-state index contributed by atoms with van der Waals surface area (Å²) in [6.45, 7) is 1.25. The van der Waals surface area contributed by atoms with Crippen molar-refractivity contribution in [1.29, 1.82) is 0 Å². The molecule has 6 heteroatoms. The van der Waals surface area contributed by atoms with Crippen molar-refractivity contribution in [2.24, 2.45) is 5.92 Å². The molecule has 25 heavy (non-hydrogen) atoms. The number of amides is 2. The van der Waals surface area contributed by atoms with Crippen LogP contribution in [0.25, 0.3) is 0 Å². The van der Waals surface area contributed by atoms with Gasteiger partial charge in [0.25, 0.3) is 5.91 Å². The molecule has 1 N–H and O–H groups in total. The third kappa shape index (κ3) is 4.65. The molecule has 1 aromatic rings. The molecule has 2 aliphatic rings. The van der Waals surface area contributed by atoms with E-state index in [1.807, 2.05) is 17.0 Å². The van der Waals surface area contributed by atoms with Gasteiger partial charge >= 0.3 is 0 Å². The topological polar surface area (TPSA) is 67.9 Å². The lowest BCUT2D eigenvalue weighted by Gasteiger charge is -2.24. The molecular formula is C19H26N2O4. The summed E-state index contributed by atoms with van der Waals surface area (Å²) in [5.74, 6) is 1.55. The van der Waals surface area contributed by atoms with Gasteiger partial charge in [0.15, 0.2) is 6.61 Å². The molecule has 0 unspecified atom stereocenters. The average Bonchev–Trinajstić information content (AvgIpc) is 3.27. The van der Waals surface area contributed by atoms with Crippen LogP contribution in [-0.2, 0) is 9.59 Å². The maximum atomic E-state index is 12.2. The number of nitrogens with zero attached hydrogens (tertiary/aromatic N) is 1. The number of carbonyl (C=O) groups is 2. The van der Waals surface area contributed by atoms with E-state index in [-0.39, 0.29) is 24.3 Å². The van der Waals surface area contributed by atoms with Gasteiger partial charge in [-0.15, -0.1) is 0 Å². The summed E-state index contributed by atoms with van der Waals surface area (Å²) in [6, 6.07) is 7.57. The first-order valence-electron chi connectivity index (χ1n) is 8.98. The van der Waals surface area contributed by atoms with Crippen LogP contribution in [0.2, 0.25) is 0 Å². The van der Waals surface area contributed by atoms with Gasteiger partial charge in [-0.2, -0.15) is 0 Å². The quantitative estimate of drug-likeness (QED) is 0.820. The van der Waals surface area contributed by atoms with Gasteiger partial charge in [0.2, 0.25) is 5.91 Å². The SMILES string of the molecule is COc1cccc(OCC(=O)NC[C@@H]2CC(=O)N(C3CCCC3)C2)c1. The molecule has 0 bridgehead atoms. The average molecular weight is 346 g/mol. The smallest absolute Gasteiger partial charge is 0.257 e. The van der Waals surface area contributed by atoms with Crippen LogP contribution in [0, 0.1) is 5.92 Å². The predicted octanol–water partition coefficient (Wildman–Crippen LogP) is 1.98. The number of ether oxygens (including phenoxy) is 2. The fourth-order valence-corrected chi connectivity index (χ4v) is 3.66. The van der Waals surface area contributed by atoms with Gasteiger partial charge in [0.1, 0.15) is 11.5 Å². The van der Waals surface area contributed by atoms with Crippen LogP contribution in [0.5, 0.6) is 11.5 Å². The van der Waals surface area contributed by atoms with Crippen LogP contribution in [0.1, 0.15) is 32.1 Å². The highest BCUT2D eigenvalue weighted by atomic mass is 16.5. The Labute approximate surface area is 148 Å². The molecule has 1 saturated carbocycles. The van der Waals surface area contributed by atoms with Crippen molar-refractivity contribution in [2.45, 2.75) is 38.1 Å². The second kappa shape index (κ2) is 8.23. The molecule has 1 heterocycles. The Morgan fingerprint density at radius 1 is 1.28 bits per heavy atom. The predicted molar refractivity (Wildman–Crippen MR) is 93.6 cm³/mol. The molecule has 1 atom stereocenters. The van der Waals surface area contributed by atoms with Gasteiger partial charge < -0.3 is 19.7 Å². The number of methoxy groups -OCH3 is 1. The fourth-order valence-electron chi connectivity index (χ4n) is 3.66. The fraction of sp³-hybridized carbons (Fsp3) is 0.579. The van der Waals surface area contributed by atoms with E-state index in [9.17, 15) is 9.59 Å². The molecule has 3 rings (SSSR count). The minimum Gasteiger partial charge on any atom is -0.497 e. The number of carbonyl (C=O) groups excluding carboxylic acids is 2. The minimum atomic E-state index is -0.172. The first-order chi connectivity index (χ1) is 12.2. The maximum Gasteiger partial charge on any atom is 0.257 e. The Balaban J connectivity index is 1.39. The summed E-state index contributed by atoms with van der Waals surface area (Å²) < 4.78 is 10.6. The monoisotopic (exact) mass is 346 g/mol. The second-order valence-corrected chi connectivity index (χ2v) is 6.83. The summed E-state index contributed by atoms with van der Waals surface area (Å²) in [6.07, 6.45) is 5.22. The lowest BCUT2D eigenvalue weighted by atomic mass is 10.1. The molecular weight excluding hydrogens is 320 g/mol. The second-order valence-electron chi connectivity index (χ2n) is 6.83. The van der Waals surface area contributed by atoms with Crippen molar-refractivity contribution in [2.75, 3.05) is 26.8 Å². The standard InChI is InChI=1S/C19H26N2O4/c1-24-16-7-4-8-17(10-16)25-13-18(22)20-11-14-9-19(23)21(12-14)15-5-2-3-6-15/h4,7-8,10,14-15H,2-3,5-6,9,11-13H2,1H3,(H,20,22)/t14-/m0/s1. The molecule has 6 nitrogen and oxygen atoms in total. The van der Waals surface area contributed by atoms with Crippen molar-refractivity contribution in [3.63, 3.8) is 0 Å². The number of nitrogens with one attached hydrogen (secondary N) is 1. The molecule has 0 radical (unpaired) electrons. The van der Waals surface area contributed by atoms with Crippen LogP contribution in [-0.4, -0.2) is 49.6 Å². The Bertz CT molecular complexity index is 613. The third-order valence-electron chi connectivity index (χ3n) is 5.00. The molecule has 2 amide bonds. The highest BCUT2D eigenvalue weighted by molar-refractivity contribution is 5.80. The van der Waals surface area contributed by atoms with Crippen molar-refractivity contribution >= 4 is 11.8 Å². The molecule has 1 aromatic carbocycles. The number of hydrogen-bond acceptors (Lipinski definition) is 4. The van der Waals surface area contributed by atoms with E-state index < -0.39 is 0 Å². The van der Waals surface area contributed by atoms with Gasteiger partial charge in [0, 0.05) is 37.5 Å². The Kier molecular flexibility index (Phi) is 5.79. The number of hydrogen-bond donors (Lipinski definition) is 1. The van der Waals surface area contributed by atoms with E-state index in [0.29, 0.717) is 30.5 Å². The van der Waals surface area contributed by atoms with Crippen LogP contribution in [0.4, 0.5) is 0 Å². The van der Waals surface area contributed by atoms with Crippen LogP contribution in [0.15, 0.2) is 24.3 Å². The van der Waals surface area contributed by atoms with Gasteiger partial charge in [-0.3, -0.25) is 9.59 Å². The van der Waals surface area contributed by atoms with E-state index in [1.165, 1.54) is 12.8 Å². The Hall–Kier alpha value is -2.24. The van der Waals surface area contributed by atoms with Gasteiger partial charge in [-0.25, -0.2) is 0 Å². The van der Waals surface area contributed by atoms with Gasteiger partial charge in [-0.05, 0) is 25.0 Å². The van der Waals surface area contributed by atoms with Gasteiger partial charge in [0.05, 0.1) is 7.11 Å². The van der Waals surface area contributed by atoms with Crippen molar-refractivity contribution in [3.8, 4) is 11.5 Å². The highest BCUT2D eigenvalue weighted by Crippen LogP contribution is 2.29. The van der Waals surface area contributed by atoms with E-state index in [2.05, 4.69) is 5.32 Å². The summed E-state index contributed by atoms with van der Waals surface area (Å²) in [4.78, 5) is 26.2. The summed E-state index contributed by atoms with van der Waals surface area (Å²) in [5.41, 5.74) is 0. The van der Waals surface area contributed by atoms with Crippen LogP contribution in [0.3, 0.4) is 0 Å². The van der Waals surface area contributed by atoms with Crippen LogP contribution >= 0.6 is 0 Å². The van der Waals surface area contributed by atoms with Crippen molar-refractivity contribution in [1.82, 2.24) is 10.2 Å². The first-order valence-corrected chi connectivity index (χ1v) is 8.98. The lowest BCUT2D eigenvalue weighted by Crippen LogP contribution is -2.36. The molecule has 1 aliphatic carbocycles. The number of likely N-dealkylation sites (tertiary alicyclic amines) is 1. The van der Waals surface area contributed by atoms with Crippen molar-refractivity contribution < 1.29 is 19.1 Å².